The van der Waals surface area contributed by atoms with Gasteiger partial charge in [-0.25, -0.2) is 4.79 Å². The summed E-state index contributed by atoms with van der Waals surface area (Å²) in [6, 6.07) is 6.84. The van der Waals surface area contributed by atoms with Crippen molar-refractivity contribution < 1.29 is 14.7 Å². The molecule has 1 amide bonds. The molecular weight excluding hydrogens is 322 g/mol. The fourth-order valence-electron chi connectivity index (χ4n) is 3.78. The molecule has 1 aromatic rings. The van der Waals surface area contributed by atoms with E-state index in [2.05, 4.69) is 16.7 Å². The summed E-state index contributed by atoms with van der Waals surface area (Å²) < 4.78 is 0.315. The molecule has 1 saturated carbocycles. The average Bonchev–Trinajstić information content (AvgIpc) is 2.60. The second-order valence-electron chi connectivity index (χ2n) is 6.91. The normalized spacial score (nSPS) is 20.1. The lowest BCUT2D eigenvalue weighted by Gasteiger charge is -2.44. The molecule has 5 heteroatoms. The van der Waals surface area contributed by atoms with E-state index >= 15 is 0 Å². The molecule has 0 aromatic heterocycles. The highest BCUT2D eigenvalue weighted by atomic mass is 32.2. The van der Waals surface area contributed by atoms with Crippen LogP contribution in [0, 0.1) is 0 Å². The highest BCUT2D eigenvalue weighted by Gasteiger charge is 2.38. The van der Waals surface area contributed by atoms with Crippen LogP contribution in [0.5, 0.6) is 0 Å². The first-order valence-electron chi connectivity index (χ1n) is 8.82. The number of benzene rings is 1. The van der Waals surface area contributed by atoms with Gasteiger partial charge in [0.1, 0.15) is 0 Å². The van der Waals surface area contributed by atoms with Crippen LogP contribution in [0.2, 0.25) is 0 Å². The summed E-state index contributed by atoms with van der Waals surface area (Å²) in [5.74, 6) is 0.378. The molecule has 4 nitrogen and oxygen atoms in total. The number of carboxylic acid groups (broad SMARTS) is 1. The van der Waals surface area contributed by atoms with Crippen molar-refractivity contribution in [1.82, 2.24) is 4.90 Å². The number of carbonyl (C=O) groups is 2. The van der Waals surface area contributed by atoms with E-state index in [0.29, 0.717) is 17.6 Å². The van der Waals surface area contributed by atoms with E-state index in [4.69, 9.17) is 5.11 Å². The van der Waals surface area contributed by atoms with Gasteiger partial charge in [-0.1, -0.05) is 31.4 Å². The van der Waals surface area contributed by atoms with Gasteiger partial charge in [0.2, 0.25) is 5.91 Å². The van der Waals surface area contributed by atoms with Gasteiger partial charge in [0.05, 0.1) is 5.56 Å². The third-order valence-corrected chi connectivity index (χ3v) is 6.73. The molecule has 2 aliphatic rings. The van der Waals surface area contributed by atoms with Crippen molar-refractivity contribution in [3.8, 4) is 0 Å². The lowest BCUT2D eigenvalue weighted by molar-refractivity contribution is -0.131. The summed E-state index contributed by atoms with van der Waals surface area (Å²) in [7, 11) is 0. The number of aryl methyl sites for hydroxylation is 1. The maximum absolute atomic E-state index is 12.6. The summed E-state index contributed by atoms with van der Waals surface area (Å²) in [5.41, 5.74) is 1.31. The number of carbonyl (C=O) groups excluding carboxylic acids is 1. The van der Waals surface area contributed by atoms with Crippen LogP contribution in [-0.4, -0.2) is 45.5 Å². The van der Waals surface area contributed by atoms with Crippen molar-refractivity contribution in [1.29, 1.82) is 0 Å². The van der Waals surface area contributed by atoms with Gasteiger partial charge in [0, 0.05) is 30.0 Å². The number of rotatable bonds is 4. The Bertz CT molecular complexity index is 588. The van der Waals surface area contributed by atoms with Gasteiger partial charge < -0.3 is 10.0 Å². The topological polar surface area (TPSA) is 57.6 Å². The monoisotopic (exact) mass is 347 g/mol. The van der Waals surface area contributed by atoms with Crippen molar-refractivity contribution in [2.24, 2.45) is 0 Å². The van der Waals surface area contributed by atoms with Gasteiger partial charge in [0.25, 0.3) is 0 Å². The van der Waals surface area contributed by atoms with Crippen LogP contribution >= 0.6 is 11.8 Å². The van der Waals surface area contributed by atoms with Crippen molar-refractivity contribution in [2.75, 3.05) is 18.8 Å². The van der Waals surface area contributed by atoms with Crippen LogP contribution in [0.1, 0.15) is 54.4 Å². The molecule has 24 heavy (non-hydrogen) atoms. The summed E-state index contributed by atoms with van der Waals surface area (Å²) in [6.07, 6.45) is 7.61. The highest BCUT2D eigenvalue weighted by Crippen LogP contribution is 2.42. The molecule has 1 spiro atoms. The molecule has 0 bridgehead atoms. The van der Waals surface area contributed by atoms with E-state index in [-0.39, 0.29) is 11.5 Å². The lowest BCUT2D eigenvalue weighted by atomic mass is 9.87. The van der Waals surface area contributed by atoms with E-state index in [1.807, 2.05) is 12.1 Å². The Morgan fingerprint density at radius 2 is 1.83 bits per heavy atom. The molecule has 2 fully saturated rings. The maximum Gasteiger partial charge on any atom is 0.335 e. The minimum Gasteiger partial charge on any atom is -0.478 e. The van der Waals surface area contributed by atoms with Gasteiger partial charge in [-0.2, -0.15) is 11.8 Å². The smallest absolute Gasteiger partial charge is 0.335 e. The number of carboxylic acids is 1. The molecule has 1 heterocycles. The molecule has 0 radical (unpaired) electrons. The van der Waals surface area contributed by atoms with Gasteiger partial charge in [-0.3, -0.25) is 4.79 Å². The average molecular weight is 347 g/mol. The number of amides is 1. The van der Waals surface area contributed by atoms with E-state index < -0.39 is 5.97 Å². The lowest BCUT2D eigenvalue weighted by Crippen LogP contribution is -2.49. The molecule has 1 aliphatic carbocycles. The van der Waals surface area contributed by atoms with Crippen LogP contribution in [-0.2, 0) is 11.2 Å². The molecule has 1 aromatic carbocycles. The molecule has 1 aliphatic heterocycles. The molecular formula is C19H25NO3S. The Morgan fingerprint density at radius 3 is 2.50 bits per heavy atom. The Morgan fingerprint density at radius 1 is 1.12 bits per heavy atom. The van der Waals surface area contributed by atoms with Gasteiger partial charge in [-0.15, -0.1) is 0 Å². The number of nitrogens with zero attached hydrogens (tertiary/aromatic N) is 1. The third kappa shape index (κ3) is 4.12. The highest BCUT2D eigenvalue weighted by molar-refractivity contribution is 8.00. The van der Waals surface area contributed by atoms with Crippen LogP contribution in [0.25, 0.3) is 0 Å². The second kappa shape index (κ2) is 7.60. The van der Waals surface area contributed by atoms with E-state index in [1.165, 1.54) is 32.1 Å². The first-order chi connectivity index (χ1) is 11.6. The zero-order valence-electron chi connectivity index (χ0n) is 14.0. The summed E-state index contributed by atoms with van der Waals surface area (Å²) in [5, 5.41) is 8.92. The van der Waals surface area contributed by atoms with Gasteiger partial charge >= 0.3 is 5.97 Å². The number of hydrogen-bond donors (Lipinski definition) is 1. The summed E-state index contributed by atoms with van der Waals surface area (Å²) >= 11 is 2.08. The number of hydrogen-bond acceptors (Lipinski definition) is 3. The molecule has 1 N–H and O–H groups in total. The third-order valence-electron chi connectivity index (χ3n) is 5.19. The van der Waals surface area contributed by atoms with Crippen molar-refractivity contribution >= 4 is 23.6 Å². The molecule has 3 rings (SSSR count). The van der Waals surface area contributed by atoms with Crippen molar-refractivity contribution in [3.63, 3.8) is 0 Å². The molecule has 0 unspecified atom stereocenters. The van der Waals surface area contributed by atoms with Gasteiger partial charge in [-0.05, 0) is 37.0 Å². The maximum atomic E-state index is 12.6. The van der Waals surface area contributed by atoms with E-state index in [0.717, 1.165) is 24.4 Å². The minimum atomic E-state index is -0.916. The van der Waals surface area contributed by atoms with E-state index in [1.54, 1.807) is 12.1 Å². The zero-order valence-corrected chi connectivity index (χ0v) is 14.8. The van der Waals surface area contributed by atoms with Crippen LogP contribution in [0.15, 0.2) is 24.3 Å². The fraction of sp³-hybridized carbons (Fsp3) is 0.579. The molecule has 0 atom stereocenters. The zero-order chi connectivity index (χ0) is 17.0. The van der Waals surface area contributed by atoms with Crippen LogP contribution in [0.4, 0.5) is 0 Å². The Labute approximate surface area is 147 Å². The minimum absolute atomic E-state index is 0.238. The van der Waals surface area contributed by atoms with Crippen molar-refractivity contribution in [3.05, 3.63) is 35.4 Å². The van der Waals surface area contributed by atoms with Gasteiger partial charge in [0.15, 0.2) is 0 Å². The largest absolute Gasteiger partial charge is 0.478 e. The first kappa shape index (κ1) is 17.3. The molecule has 130 valence electrons. The quantitative estimate of drug-likeness (QED) is 0.904. The Balaban J connectivity index is 1.53. The van der Waals surface area contributed by atoms with Crippen LogP contribution < -0.4 is 0 Å². The fourth-order valence-corrected chi connectivity index (χ4v) is 5.35. The first-order valence-corrected chi connectivity index (χ1v) is 9.81. The Kier molecular flexibility index (Phi) is 5.49. The van der Waals surface area contributed by atoms with Crippen molar-refractivity contribution in [2.45, 2.75) is 49.7 Å². The van der Waals surface area contributed by atoms with E-state index in [9.17, 15) is 9.59 Å². The Hall–Kier alpha value is -1.49. The predicted molar refractivity (Wildman–Crippen MR) is 96.6 cm³/mol. The second-order valence-corrected chi connectivity index (χ2v) is 8.47. The summed E-state index contributed by atoms with van der Waals surface area (Å²) in [6.45, 7) is 1.78. The molecule has 1 saturated heterocycles. The predicted octanol–water partition coefficient (Wildman–Crippen LogP) is 3.60. The SMILES string of the molecule is O=C(O)c1ccc(CCC(=O)N2CCSC3(CCCCC3)C2)cc1. The number of aromatic carboxylic acids is 1. The standard InChI is InChI=1S/C19H25NO3S/c21-17(9-6-15-4-7-16(8-5-15)18(22)23)20-12-13-24-19(14-20)10-2-1-3-11-19/h4-5,7-8H,1-3,6,9-14H2,(H,22,23). The number of thioether (sulfide) groups is 1. The summed E-state index contributed by atoms with van der Waals surface area (Å²) in [4.78, 5) is 25.5. The van der Waals surface area contributed by atoms with Crippen LogP contribution in [0.3, 0.4) is 0 Å².